The van der Waals surface area contributed by atoms with Crippen LogP contribution in [-0.4, -0.2) is 0 Å². The van der Waals surface area contributed by atoms with Crippen LogP contribution in [0.25, 0.3) is 44.2 Å². The van der Waals surface area contributed by atoms with Gasteiger partial charge >= 0.3 is 0 Å². The first-order chi connectivity index (χ1) is 23.1. The molecule has 228 valence electrons. The molecule has 0 unspecified atom stereocenters. The summed E-state index contributed by atoms with van der Waals surface area (Å²) in [5, 5.41) is 2.62. The average molecular weight is 606 g/mol. The van der Waals surface area contributed by atoms with Crippen molar-refractivity contribution in [2.24, 2.45) is 0 Å². The van der Waals surface area contributed by atoms with Crippen molar-refractivity contribution in [3.63, 3.8) is 0 Å². The zero-order valence-electron chi connectivity index (χ0n) is 27.4. The lowest BCUT2D eigenvalue weighted by atomic mass is 9.73. The summed E-state index contributed by atoms with van der Waals surface area (Å²) < 4.78 is 0. The number of nitrogens with zero attached hydrogens (tertiary/aromatic N) is 1. The van der Waals surface area contributed by atoms with Crippen molar-refractivity contribution < 1.29 is 0 Å². The Labute approximate surface area is 278 Å². The fourth-order valence-electron chi connectivity index (χ4n) is 7.96. The summed E-state index contributed by atoms with van der Waals surface area (Å²) in [7, 11) is 0. The van der Waals surface area contributed by atoms with Gasteiger partial charge in [-0.15, -0.1) is 0 Å². The normalized spacial score (nSPS) is 12.9. The molecule has 0 heterocycles. The van der Waals surface area contributed by atoms with Gasteiger partial charge in [0, 0.05) is 22.5 Å². The van der Waals surface area contributed by atoms with E-state index >= 15 is 0 Å². The lowest BCUT2D eigenvalue weighted by Gasteiger charge is -2.31. The molecule has 0 saturated carbocycles. The van der Waals surface area contributed by atoms with E-state index in [1.54, 1.807) is 0 Å². The summed E-state index contributed by atoms with van der Waals surface area (Å²) in [6.45, 7) is 6.91. The predicted molar refractivity (Wildman–Crippen MR) is 201 cm³/mol. The third kappa shape index (κ3) is 4.77. The number of fused-ring (bicyclic) bond motifs is 4. The fourth-order valence-corrected chi connectivity index (χ4v) is 7.96. The van der Waals surface area contributed by atoms with Crippen molar-refractivity contribution in [3.8, 4) is 33.4 Å². The van der Waals surface area contributed by atoms with Gasteiger partial charge in [0.25, 0.3) is 0 Å². The Morgan fingerprint density at radius 2 is 1.00 bits per heavy atom. The van der Waals surface area contributed by atoms with Crippen LogP contribution in [0.4, 0.5) is 17.1 Å². The van der Waals surface area contributed by atoms with Crippen LogP contribution in [0.3, 0.4) is 0 Å². The number of hydrogen-bond acceptors (Lipinski definition) is 1. The molecule has 0 radical (unpaired) electrons. The lowest BCUT2D eigenvalue weighted by molar-refractivity contribution is 0.491. The van der Waals surface area contributed by atoms with Gasteiger partial charge in [0.05, 0.1) is 0 Å². The van der Waals surface area contributed by atoms with E-state index < -0.39 is 0 Å². The number of anilines is 3. The third-order valence-corrected chi connectivity index (χ3v) is 10.5. The summed E-state index contributed by atoms with van der Waals surface area (Å²) in [6.07, 6.45) is 2.16. The van der Waals surface area contributed by atoms with Crippen LogP contribution in [0.2, 0.25) is 0 Å². The first-order valence-electron chi connectivity index (χ1n) is 16.9. The van der Waals surface area contributed by atoms with E-state index in [-0.39, 0.29) is 5.41 Å². The molecule has 1 heteroatoms. The highest BCUT2D eigenvalue weighted by atomic mass is 15.1. The minimum atomic E-state index is 0.0223. The average Bonchev–Trinajstić information content (AvgIpc) is 3.40. The number of rotatable bonds is 7. The summed E-state index contributed by atoms with van der Waals surface area (Å²) in [5.74, 6) is 0. The van der Waals surface area contributed by atoms with Crippen LogP contribution in [0.1, 0.15) is 43.4 Å². The molecule has 8 rings (SSSR count). The molecule has 7 aromatic rings. The standard InChI is InChI=1S/C46H39N/c1-4-46(5-2)43-28-27-38(31-42(43)41-29-35-18-10-11-19-36(35)30-44(41)46)47(45-22-14-9-15-32(45)3)37-25-23-34(24-26-37)40-21-13-12-20-39(40)33-16-7-6-8-17-33/h6-31H,4-5H2,1-3H3. The summed E-state index contributed by atoms with van der Waals surface area (Å²) in [6, 6.07) is 58.1. The Bertz CT molecular complexity index is 2220. The molecule has 0 bridgehead atoms. The smallest absolute Gasteiger partial charge is 0.0490 e. The molecular formula is C46H39N. The quantitative estimate of drug-likeness (QED) is 0.175. The van der Waals surface area contributed by atoms with Gasteiger partial charge in [-0.05, 0) is 123 Å². The number of aryl methyl sites for hydroxylation is 1. The Hall–Kier alpha value is -5.40. The Morgan fingerprint density at radius 3 is 1.68 bits per heavy atom. The maximum absolute atomic E-state index is 2.46. The van der Waals surface area contributed by atoms with Gasteiger partial charge in [-0.25, -0.2) is 0 Å². The van der Waals surface area contributed by atoms with Crippen molar-refractivity contribution in [1.29, 1.82) is 0 Å². The highest BCUT2D eigenvalue weighted by Crippen LogP contribution is 2.55. The molecule has 0 amide bonds. The zero-order valence-corrected chi connectivity index (χ0v) is 27.4. The molecule has 0 atom stereocenters. The molecule has 0 aliphatic heterocycles. The fraction of sp³-hybridized carbons (Fsp3) is 0.130. The van der Waals surface area contributed by atoms with E-state index in [0.29, 0.717) is 0 Å². The highest BCUT2D eigenvalue weighted by molar-refractivity contribution is 5.95. The van der Waals surface area contributed by atoms with E-state index in [1.807, 2.05) is 0 Å². The summed E-state index contributed by atoms with van der Waals surface area (Å²) in [5.41, 5.74) is 15.4. The molecule has 0 spiro atoms. The van der Waals surface area contributed by atoms with Crippen LogP contribution in [0.15, 0.2) is 158 Å². The molecule has 1 nitrogen and oxygen atoms in total. The number of hydrogen-bond donors (Lipinski definition) is 0. The van der Waals surface area contributed by atoms with Crippen LogP contribution in [0.5, 0.6) is 0 Å². The maximum atomic E-state index is 2.46. The molecular weight excluding hydrogens is 567 g/mol. The Kier molecular flexibility index (Phi) is 7.26. The van der Waals surface area contributed by atoms with Crippen LogP contribution >= 0.6 is 0 Å². The Morgan fingerprint density at radius 1 is 0.447 bits per heavy atom. The highest BCUT2D eigenvalue weighted by Gasteiger charge is 2.41. The lowest BCUT2D eigenvalue weighted by Crippen LogP contribution is -2.23. The van der Waals surface area contributed by atoms with E-state index in [1.165, 1.54) is 72.2 Å². The molecule has 47 heavy (non-hydrogen) atoms. The van der Waals surface area contributed by atoms with Crippen molar-refractivity contribution >= 4 is 27.8 Å². The van der Waals surface area contributed by atoms with E-state index in [9.17, 15) is 0 Å². The van der Waals surface area contributed by atoms with Gasteiger partial charge in [-0.3, -0.25) is 0 Å². The molecule has 0 saturated heterocycles. The first-order valence-corrected chi connectivity index (χ1v) is 16.9. The van der Waals surface area contributed by atoms with Crippen molar-refractivity contribution in [1.82, 2.24) is 0 Å². The van der Waals surface area contributed by atoms with Crippen molar-refractivity contribution in [2.45, 2.75) is 39.0 Å². The minimum absolute atomic E-state index is 0.0223. The van der Waals surface area contributed by atoms with E-state index in [0.717, 1.165) is 18.5 Å². The monoisotopic (exact) mass is 605 g/mol. The SMILES string of the molecule is CCC1(CC)c2ccc(N(c3ccc(-c4ccccc4-c4ccccc4)cc3)c3ccccc3C)cc2-c2cc3ccccc3cc21. The summed E-state index contributed by atoms with van der Waals surface area (Å²) in [4.78, 5) is 2.43. The second kappa shape index (κ2) is 11.8. The largest absolute Gasteiger partial charge is 0.310 e. The van der Waals surface area contributed by atoms with Gasteiger partial charge < -0.3 is 4.90 Å². The van der Waals surface area contributed by atoms with Gasteiger partial charge in [0.2, 0.25) is 0 Å². The number of benzene rings is 7. The third-order valence-electron chi connectivity index (χ3n) is 10.5. The molecule has 0 fully saturated rings. The maximum Gasteiger partial charge on any atom is 0.0490 e. The van der Waals surface area contributed by atoms with E-state index in [2.05, 4.69) is 183 Å². The molecule has 1 aliphatic carbocycles. The van der Waals surface area contributed by atoms with E-state index in [4.69, 9.17) is 0 Å². The predicted octanol–water partition coefficient (Wildman–Crippen LogP) is 13.0. The van der Waals surface area contributed by atoms with Gasteiger partial charge in [0.15, 0.2) is 0 Å². The van der Waals surface area contributed by atoms with Crippen LogP contribution in [0, 0.1) is 6.92 Å². The van der Waals surface area contributed by atoms with Crippen LogP contribution in [-0.2, 0) is 5.41 Å². The second-order valence-corrected chi connectivity index (χ2v) is 12.8. The van der Waals surface area contributed by atoms with Gasteiger partial charge in [-0.1, -0.05) is 129 Å². The second-order valence-electron chi connectivity index (χ2n) is 12.8. The zero-order chi connectivity index (χ0) is 32.0. The minimum Gasteiger partial charge on any atom is -0.310 e. The van der Waals surface area contributed by atoms with Crippen LogP contribution < -0.4 is 4.90 Å². The Balaban J connectivity index is 1.28. The molecule has 1 aliphatic rings. The summed E-state index contributed by atoms with van der Waals surface area (Å²) >= 11 is 0. The first kappa shape index (κ1) is 29.0. The molecule has 7 aromatic carbocycles. The topological polar surface area (TPSA) is 3.24 Å². The van der Waals surface area contributed by atoms with Crippen molar-refractivity contribution in [3.05, 3.63) is 174 Å². The molecule has 0 N–H and O–H groups in total. The van der Waals surface area contributed by atoms with Crippen molar-refractivity contribution in [2.75, 3.05) is 4.90 Å². The van der Waals surface area contributed by atoms with Gasteiger partial charge in [-0.2, -0.15) is 0 Å². The number of para-hydroxylation sites is 1. The molecule has 0 aromatic heterocycles. The van der Waals surface area contributed by atoms with Gasteiger partial charge in [0.1, 0.15) is 0 Å².